The molecule has 0 spiro atoms. The Labute approximate surface area is 242 Å². The van der Waals surface area contributed by atoms with Crippen molar-refractivity contribution in [3.63, 3.8) is 0 Å². The summed E-state index contributed by atoms with van der Waals surface area (Å²) < 4.78 is 0. The van der Waals surface area contributed by atoms with Crippen molar-refractivity contribution < 1.29 is 4.79 Å². The number of rotatable bonds is 4. The van der Waals surface area contributed by atoms with Crippen LogP contribution >= 0.6 is 23.2 Å². The number of aliphatic imine (C=N–C) groups is 1. The molecule has 6 rings (SSSR count). The Hall–Kier alpha value is -4.44. The van der Waals surface area contributed by atoms with Crippen LogP contribution in [0, 0.1) is 17.2 Å². The summed E-state index contributed by atoms with van der Waals surface area (Å²) in [6.45, 7) is 0. The number of nitriles is 1. The summed E-state index contributed by atoms with van der Waals surface area (Å²) in [6, 6.07) is 33.0. The first-order valence-electron chi connectivity index (χ1n) is 12.7. The third-order valence-corrected chi connectivity index (χ3v) is 7.70. The van der Waals surface area contributed by atoms with Gasteiger partial charge in [0.25, 0.3) is 5.91 Å². The summed E-state index contributed by atoms with van der Waals surface area (Å²) in [7, 11) is 1.72. The zero-order valence-electron chi connectivity index (χ0n) is 21.4. The number of benzene rings is 4. The lowest BCUT2D eigenvalue weighted by atomic mass is 9.87. The van der Waals surface area contributed by atoms with E-state index in [2.05, 4.69) is 6.07 Å². The normalized spacial score (nSPS) is 20.4. The van der Waals surface area contributed by atoms with Gasteiger partial charge in [0.15, 0.2) is 6.04 Å². The van der Waals surface area contributed by atoms with E-state index >= 15 is 0 Å². The molecule has 2 heterocycles. The number of carbonyl (C=O) groups excluding carboxylic acids is 1. The third-order valence-electron chi connectivity index (χ3n) is 7.22. The molecular weight excluding hydrogens is 541 g/mol. The molecular formula is C32H23Cl2N5O. The van der Waals surface area contributed by atoms with E-state index in [-0.39, 0.29) is 5.91 Å². The van der Waals surface area contributed by atoms with Crippen LogP contribution in [0.3, 0.4) is 0 Å². The average Bonchev–Trinajstić information content (AvgIpc) is 3.33. The summed E-state index contributed by atoms with van der Waals surface area (Å²) in [5.74, 6) is -1.03. The number of hydrazone groups is 1. The maximum atomic E-state index is 14.1. The molecule has 0 saturated carbocycles. The predicted octanol–water partition coefficient (Wildman–Crippen LogP) is 6.93. The van der Waals surface area contributed by atoms with Crippen LogP contribution in [0.5, 0.6) is 0 Å². The van der Waals surface area contributed by atoms with Crippen molar-refractivity contribution in [3.8, 4) is 6.07 Å². The topological polar surface area (TPSA) is 72.1 Å². The second kappa shape index (κ2) is 10.6. The minimum absolute atomic E-state index is 0.279. The molecule has 6 nitrogen and oxygen atoms in total. The summed E-state index contributed by atoms with van der Waals surface area (Å²) in [5, 5.41) is 18.5. The number of halogens is 2. The molecule has 2 aliphatic rings. The van der Waals surface area contributed by atoms with Crippen LogP contribution in [0.4, 0.5) is 11.4 Å². The van der Waals surface area contributed by atoms with E-state index in [1.165, 1.54) is 0 Å². The number of benzodiazepines with no additional fused rings is 1. The van der Waals surface area contributed by atoms with Gasteiger partial charge in [-0.15, -0.1) is 0 Å². The number of fused-ring (bicyclic) bond motifs is 1. The SMILES string of the molecule is CN1C(=O)C(C2=NN(c3ccccc3)C(c3ccc(Cl)cc3)C2C#N)N=C(c2ccccc2)c2cc(Cl)ccc21. The molecule has 40 heavy (non-hydrogen) atoms. The highest BCUT2D eigenvalue weighted by molar-refractivity contribution is 6.32. The largest absolute Gasteiger partial charge is 0.313 e. The fourth-order valence-corrected chi connectivity index (χ4v) is 5.57. The minimum atomic E-state index is -1.03. The van der Waals surface area contributed by atoms with E-state index < -0.39 is 18.0 Å². The lowest BCUT2D eigenvalue weighted by molar-refractivity contribution is -0.118. The quantitative estimate of drug-likeness (QED) is 0.270. The molecule has 0 bridgehead atoms. The highest BCUT2D eigenvalue weighted by Gasteiger charge is 2.46. The Morgan fingerprint density at radius 1 is 0.850 bits per heavy atom. The molecule has 8 heteroatoms. The Bertz CT molecular complexity index is 1680. The van der Waals surface area contributed by atoms with Gasteiger partial charge in [-0.05, 0) is 48.0 Å². The number of amides is 1. The number of carbonyl (C=O) groups is 1. The first-order valence-corrected chi connectivity index (χ1v) is 13.5. The van der Waals surface area contributed by atoms with Gasteiger partial charge in [-0.3, -0.25) is 14.8 Å². The molecule has 0 aliphatic carbocycles. The molecule has 0 N–H and O–H groups in total. The van der Waals surface area contributed by atoms with Crippen LogP contribution in [0.25, 0.3) is 0 Å². The van der Waals surface area contributed by atoms with Gasteiger partial charge in [0.1, 0.15) is 5.92 Å². The molecule has 0 fully saturated rings. The molecule has 2 aliphatic heterocycles. The number of para-hydroxylation sites is 1. The molecule has 4 aromatic rings. The fourth-order valence-electron chi connectivity index (χ4n) is 5.27. The van der Waals surface area contributed by atoms with E-state index in [9.17, 15) is 10.1 Å². The van der Waals surface area contributed by atoms with E-state index in [0.717, 1.165) is 22.4 Å². The number of hydrogen-bond donors (Lipinski definition) is 0. The fraction of sp³-hybridized carbons (Fsp3) is 0.125. The monoisotopic (exact) mass is 563 g/mol. The minimum Gasteiger partial charge on any atom is -0.313 e. The zero-order chi connectivity index (χ0) is 27.8. The average molecular weight is 564 g/mol. The van der Waals surface area contributed by atoms with Crippen LogP contribution in [0.15, 0.2) is 113 Å². The molecule has 0 radical (unpaired) electrons. The van der Waals surface area contributed by atoms with Gasteiger partial charge in [0.2, 0.25) is 0 Å². The van der Waals surface area contributed by atoms with Crippen LogP contribution < -0.4 is 9.91 Å². The second-order valence-electron chi connectivity index (χ2n) is 9.61. The summed E-state index contributed by atoms with van der Waals surface area (Å²) in [5.41, 5.74) is 4.90. The smallest absolute Gasteiger partial charge is 0.257 e. The Morgan fingerprint density at radius 2 is 1.50 bits per heavy atom. The maximum absolute atomic E-state index is 14.1. The highest BCUT2D eigenvalue weighted by Crippen LogP contribution is 2.41. The number of hydrogen-bond acceptors (Lipinski definition) is 5. The first-order chi connectivity index (χ1) is 19.5. The van der Waals surface area contributed by atoms with Crippen LogP contribution in [0.2, 0.25) is 10.0 Å². The van der Waals surface area contributed by atoms with Crippen molar-refractivity contribution >= 4 is 51.9 Å². The van der Waals surface area contributed by atoms with Crippen LogP contribution in [-0.4, -0.2) is 30.4 Å². The molecule has 3 atom stereocenters. The Balaban J connectivity index is 1.55. The lowest BCUT2D eigenvalue weighted by Gasteiger charge is -2.26. The molecule has 3 unspecified atom stereocenters. The zero-order valence-corrected chi connectivity index (χ0v) is 23.0. The molecule has 0 aromatic heterocycles. The number of likely N-dealkylation sites (N-methyl/N-ethyl adjacent to an activating group) is 1. The predicted molar refractivity (Wildman–Crippen MR) is 160 cm³/mol. The van der Waals surface area contributed by atoms with Crippen molar-refractivity contribution in [2.45, 2.75) is 12.1 Å². The van der Waals surface area contributed by atoms with Gasteiger partial charge < -0.3 is 4.90 Å². The molecule has 4 aromatic carbocycles. The van der Waals surface area contributed by atoms with Gasteiger partial charge in [0.05, 0.1) is 34.9 Å². The summed E-state index contributed by atoms with van der Waals surface area (Å²) in [4.78, 5) is 20.7. The van der Waals surface area contributed by atoms with Gasteiger partial charge in [-0.1, -0.05) is 83.9 Å². The summed E-state index contributed by atoms with van der Waals surface area (Å²) in [6.07, 6.45) is 0. The van der Waals surface area contributed by atoms with Gasteiger partial charge in [-0.25, -0.2) is 0 Å². The summed E-state index contributed by atoms with van der Waals surface area (Å²) >= 11 is 12.6. The Morgan fingerprint density at radius 3 is 2.17 bits per heavy atom. The van der Waals surface area contributed by atoms with Crippen molar-refractivity contribution in [1.29, 1.82) is 5.26 Å². The third kappa shape index (κ3) is 4.54. The van der Waals surface area contributed by atoms with Crippen molar-refractivity contribution in [3.05, 3.63) is 130 Å². The van der Waals surface area contributed by atoms with Gasteiger partial charge in [0, 0.05) is 28.2 Å². The van der Waals surface area contributed by atoms with Crippen molar-refractivity contribution in [1.82, 2.24) is 0 Å². The second-order valence-corrected chi connectivity index (χ2v) is 10.5. The van der Waals surface area contributed by atoms with Gasteiger partial charge >= 0.3 is 0 Å². The van der Waals surface area contributed by atoms with Gasteiger partial charge in [-0.2, -0.15) is 10.4 Å². The van der Waals surface area contributed by atoms with Crippen molar-refractivity contribution in [2.24, 2.45) is 16.0 Å². The highest BCUT2D eigenvalue weighted by atomic mass is 35.5. The molecule has 1 amide bonds. The van der Waals surface area contributed by atoms with Crippen LogP contribution in [-0.2, 0) is 4.79 Å². The Kier molecular flexibility index (Phi) is 6.85. The van der Waals surface area contributed by atoms with Crippen LogP contribution in [0.1, 0.15) is 22.7 Å². The lowest BCUT2D eigenvalue weighted by Crippen LogP contribution is -2.41. The first kappa shape index (κ1) is 25.8. The van der Waals surface area contributed by atoms with E-state index in [0.29, 0.717) is 27.2 Å². The van der Waals surface area contributed by atoms with E-state index in [4.69, 9.17) is 33.3 Å². The molecule has 196 valence electrons. The standard InChI is InChI=1S/C32H23Cl2N5O/c1-38-27-17-16-23(34)18-25(27)28(20-8-4-2-5-9-20)36-30(32(38)40)29-26(19-35)31(21-12-14-22(33)15-13-21)39(37-29)24-10-6-3-7-11-24/h2-18,26,30-31H,1H3. The number of anilines is 2. The molecule has 0 saturated heterocycles. The number of nitrogens with zero attached hydrogens (tertiary/aromatic N) is 5. The maximum Gasteiger partial charge on any atom is 0.257 e. The van der Waals surface area contributed by atoms with E-state index in [1.807, 2.05) is 89.9 Å². The van der Waals surface area contributed by atoms with E-state index in [1.54, 1.807) is 30.1 Å². The van der Waals surface area contributed by atoms with Crippen molar-refractivity contribution in [2.75, 3.05) is 17.0 Å².